The quantitative estimate of drug-likeness (QED) is 0.760. The van der Waals surface area contributed by atoms with Gasteiger partial charge in [0.2, 0.25) is 0 Å². The van der Waals surface area contributed by atoms with Crippen LogP contribution in [0.4, 0.5) is 0 Å². The van der Waals surface area contributed by atoms with Crippen LogP contribution in [0.15, 0.2) is 42.5 Å². The third-order valence-electron chi connectivity index (χ3n) is 2.39. The largest absolute Gasteiger partial charge is 0.192 e. The van der Waals surface area contributed by atoms with Crippen molar-refractivity contribution < 1.29 is 0 Å². The third-order valence-corrected chi connectivity index (χ3v) is 2.60. The van der Waals surface area contributed by atoms with E-state index in [-0.39, 0.29) is 0 Å². The number of rotatable bonds is 1. The molecule has 0 unspecified atom stereocenters. The standard InChI is InChI=1S/C14H7ClN2/c15-13-6-10(8-16)5-12(7-13)14-4-2-1-3-11(14)9-17/h1-7H. The SMILES string of the molecule is N#Cc1cc(Cl)cc(-c2ccccc2C#N)c1. The molecule has 0 heterocycles. The number of benzene rings is 2. The lowest BCUT2D eigenvalue weighted by Gasteiger charge is -2.05. The number of hydrogen-bond donors (Lipinski definition) is 0. The Labute approximate surface area is 104 Å². The molecule has 0 aromatic heterocycles. The second kappa shape index (κ2) is 4.70. The van der Waals surface area contributed by atoms with E-state index in [0.717, 1.165) is 11.1 Å². The average Bonchev–Trinajstić information content (AvgIpc) is 2.37. The van der Waals surface area contributed by atoms with Crippen molar-refractivity contribution in [3.63, 3.8) is 0 Å². The molecule has 0 radical (unpaired) electrons. The Hall–Kier alpha value is -2.29. The molecule has 0 saturated carbocycles. The Morgan fingerprint density at radius 1 is 0.941 bits per heavy atom. The van der Waals surface area contributed by atoms with Crippen molar-refractivity contribution in [1.82, 2.24) is 0 Å². The second-order valence-electron chi connectivity index (χ2n) is 3.50. The van der Waals surface area contributed by atoms with E-state index in [4.69, 9.17) is 22.1 Å². The first kappa shape index (κ1) is 11.2. The molecule has 2 nitrogen and oxygen atoms in total. The molecule has 0 aliphatic heterocycles. The van der Waals surface area contributed by atoms with E-state index < -0.39 is 0 Å². The fourth-order valence-corrected chi connectivity index (χ4v) is 1.88. The van der Waals surface area contributed by atoms with Crippen LogP contribution in [0.3, 0.4) is 0 Å². The van der Waals surface area contributed by atoms with Gasteiger partial charge in [-0.1, -0.05) is 29.8 Å². The van der Waals surface area contributed by atoms with E-state index in [1.54, 1.807) is 30.3 Å². The summed E-state index contributed by atoms with van der Waals surface area (Å²) in [5.41, 5.74) is 2.62. The fraction of sp³-hybridized carbons (Fsp3) is 0. The van der Waals surface area contributed by atoms with Gasteiger partial charge in [0.25, 0.3) is 0 Å². The van der Waals surface area contributed by atoms with E-state index in [9.17, 15) is 0 Å². The highest BCUT2D eigenvalue weighted by molar-refractivity contribution is 6.31. The smallest absolute Gasteiger partial charge is 0.0998 e. The van der Waals surface area contributed by atoms with Gasteiger partial charge < -0.3 is 0 Å². The molecule has 0 saturated heterocycles. The molecule has 0 bridgehead atoms. The zero-order valence-corrected chi connectivity index (χ0v) is 9.57. The van der Waals surface area contributed by atoms with Crippen molar-refractivity contribution >= 4 is 11.6 Å². The summed E-state index contributed by atoms with van der Waals surface area (Å²) < 4.78 is 0. The summed E-state index contributed by atoms with van der Waals surface area (Å²) in [6.07, 6.45) is 0. The summed E-state index contributed by atoms with van der Waals surface area (Å²) in [4.78, 5) is 0. The third kappa shape index (κ3) is 2.28. The molecule has 3 heteroatoms. The second-order valence-corrected chi connectivity index (χ2v) is 3.93. The molecular weight excluding hydrogens is 232 g/mol. The Balaban J connectivity index is 2.66. The van der Waals surface area contributed by atoms with Crippen LogP contribution in [-0.4, -0.2) is 0 Å². The van der Waals surface area contributed by atoms with E-state index in [1.807, 2.05) is 18.2 Å². The van der Waals surface area contributed by atoms with Crippen LogP contribution in [0.2, 0.25) is 5.02 Å². The fourth-order valence-electron chi connectivity index (χ4n) is 1.64. The van der Waals surface area contributed by atoms with Gasteiger partial charge >= 0.3 is 0 Å². The van der Waals surface area contributed by atoms with Gasteiger partial charge in [-0.3, -0.25) is 0 Å². The topological polar surface area (TPSA) is 47.6 Å². The van der Waals surface area contributed by atoms with E-state index in [0.29, 0.717) is 16.1 Å². The predicted molar refractivity (Wildman–Crippen MR) is 66.3 cm³/mol. The monoisotopic (exact) mass is 238 g/mol. The first-order valence-corrected chi connectivity index (χ1v) is 5.32. The van der Waals surface area contributed by atoms with Crippen molar-refractivity contribution in [3.8, 4) is 23.3 Å². The number of halogens is 1. The zero-order valence-electron chi connectivity index (χ0n) is 8.81. The van der Waals surface area contributed by atoms with Crippen molar-refractivity contribution in [3.05, 3.63) is 58.6 Å². The van der Waals surface area contributed by atoms with Crippen LogP contribution < -0.4 is 0 Å². The minimum Gasteiger partial charge on any atom is -0.192 e. The zero-order chi connectivity index (χ0) is 12.3. The minimum absolute atomic E-state index is 0.486. The predicted octanol–water partition coefficient (Wildman–Crippen LogP) is 3.75. The Morgan fingerprint density at radius 3 is 2.41 bits per heavy atom. The van der Waals surface area contributed by atoms with E-state index in [1.165, 1.54) is 0 Å². The summed E-state index contributed by atoms with van der Waals surface area (Å²) in [6.45, 7) is 0. The van der Waals surface area contributed by atoms with E-state index >= 15 is 0 Å². The number of hydrogen-bond acceptors (Lipinski definition) is 2. The molecular formula is C14H7ClN2. The minimum atomic E-state index is 0.486. The van der Waals surface area contributed by atoms with Crippen LogP contribution >= 0.6 is 11.6 Å². The summed E-state index contributed by atoms with van der Waals surface area (Å²) >= 11 is 5.94. The highest BCUT2D eigenvalue weighted by atomic mass is 35.5. The van der Waals surface area contributed by atoms with Crippen molar-refractivity contribution in [2.45, 2.75) is 0 Å². The Morgan fingerprint density at radius 2 is 1.71 bits per heavy atom. The molecule has 0 atom stereocenters. The lowest BCUT2D eigenvalue weighted by molar-refractivity contribution is 1.46. The first-order valence-electron chi connectivity index (χ1n) is 4.95. The van der Waals surface area contributed by atoms with Crippen molar-refractivity contribution in [1.29, 1.82) is 10.5 Å². The van der Waals surface area contributed by atoms with Gasteiger partial charge in [0.05, 0.1) is 23.3 Å². The Kier molecular flexibility index (Phi) is 3.10. The van der Waals surface area contributed by atoms with Gasteiger partial charge in [-0.25, -0.2) is 0 Å². The summed E-state index contributed by atoms with van der Waals surface area (Å²) in [5.74, 6) is 0. The summed E-state index contributed by atoms with van der Waals surface area (Å²) in [7, 11) is 0. The van der Waals surface area contributed by atoms with Crippen LogP contribution in [0.25, 0.3) is 11.1 Å². The molecule has 0 N–H and O–H groups in total. The Bertz CT molecular complexity index is 648. The van der Waals surface area contributed by atoms with E-state index in [2.05, 4.69) is 6.07 Å². The summed E-state index contributed by atoms with van der Waals surface area (Å²) in [6, 6.07) is 16.5. The van der Waals surface area contributed by atoms with Crippen LogP contribution in [0.5, 0.6) is 0 Å². The average molecular weight is 239 g/mol. The number of nitriles is 2. The maximum Gasteiger partial charge on any atom is 0.0998 e. The maximum atomic E-state index is 9.03. The van der Waals surface area contributed by atoms with Gasteiger partial charge in [0.15, 0.2) is 0 Å². The molecule has 2 aromatic rings. The molecule has 0 amide bonds. The van der Waals surface area contributed by atoms with Crippen molar-refractivity contribution in [2.75, 3.05) is 0 Å². The molecule has 0 spiro atoms. The van der Waals surface area contributed by atoms with Gasteiger partial charge in [-0.15, -0.1) is 0 Å². The molecule has 17 heavy (non-hydrogen) atoms. The van der Waals surface area contributed by atoms with Crippen LogP contribution in [0.1, 0.15) is 11.1 Å². The highest BCUT2D eigenvalue weighted by Crippen LogP contribution is 2.27. The maximum absolute atomic E-state index is 9.03. The van der Waals surface area contributed by atoms with Gasteiger partial charge in [-0.2, -0.15) is 10.5 Å². The first-order chi connectivity index (χ1) is 8.24. The highest BCUT2D eigenvalue weighted by Gasteiger charge is 2.06. The summed E-state index contributed by atoms with van der Waals surface area (Å²) in [5, 5.41) is 18.4. The molecule has 2 aromatic carbocycles. The van der Waals surface area contributed by atoms with Gasteiger partial charge in [0, 0.05) is 5.02 Å². The normalized spacial score (nSPS) is 9.35. The van der Waals surface area contributed by atoms with Gasteiger partial charge in [0.1, 0.15) is 0 Å². The number of nitrogens with zero attached hydrogens (tertiary/aromatic N) is 2. The molecule has 0 aliphatic carbocycles. The molecule has 0 aliphatic rings. The lowest BCUT2D eigenvalue weighted by Crippen LogP contribution is -1.85. The lowest BCUT2D eigenvalue weighted by atomic mass is 9.99. The van der Waals surface area contributed by atoms with Gasteiger partial charge in [-0.05, 0) is 35.4 Å². The molecule has 0 fully saturated rings. The molecule has 80 valence electrons. The molecule has 2 rings (SSSR count). The van der Waals surface area contributed by atoms with Crippen molar-refractivity contribution in [2.24, 2.45) is 0 Å². The van der Waals surface area contributed by atoms with Crippen LogP contribution in [-0.2, 0) is 0 Å². The van der Waals surface area contributed by atoms with Crippen LogP contribution in [0, 0.1) is 22.7 Å².